The first-order valence-corrected chi connectivity index (χ1v) is 32.8. The normalized spacial score (nSPS) is 18.7. The van der Waals surface area contributed by atoms with Crippen molar-refractivity contribution in [3.8, 4) is 22.3 Å². The molecule has 4 aromatic carbocycles. The van der Waals surface area contributed by atoms with Gasteiger partial charge in [0.15, 0.2) is 0 Å². The molecule has 422 valence electrons. The zero-order chi connectivity index (χ0) is 55.6. The summed E-state index contributed by atoms with van der Waals surface area (Å²) in [4.78, 5) is 0. The molecular weight excluding hydrogens is 1090 g/mol. The van der Waals surface area contributed by atoms with Gasteiger partial charge >= 0.3 is 14.2 Å². The van der Waals surface area contributed by atoms with E-state index in [4.69, 9.17) is 18.6 Å². The largest absolute Gasteiger partial charge is 0.494 e. The second-order valence-electron chi connectivity index (χ2n) is 26.2. The first-order chi connectivity index (χ1) is 37.4. The van der Waals surface area contributed by atoms with Crippen molar-refractivity contribution >= 4 is 57.0 Å². The van der Waals surface area contributed by atoms with Crippen LogP contribution in [0.2, 0.25) is 0 Å². The van der Waals surface area contributed by atoms with E-state index in [1.165, 1.54) is 208 Å². The Morgan fingerprint density at radius 2 is 0.679 bits per heavy atom. The summed E-state index contributed by atoms with van der Waals surface area (Å²) < 4.78 is 29.2. The fourth-order valence-corrected chi connectivity index (χ4v) is 14.2. The van der Waals surface area contributed by atoms with Crippen molar-refractivity contribution in [1.82, 2.24) is 0 Å². The number of hydrogen-bond acceptors (Lipinski definition) is 4. The Hall–Kier alpha value is -2.71. The van der Waals surface area contributed by atoms with E-state index in [-0.39, 0.29) is 10.8 Å². The standard InChI is InChI=1S/C70H98B2Br2O4/c1-11-13-15-17-29-33-45-69(61-49-53(71-75-65(3,4)66(5,6)76-71)37-41-57(61)58-42-38-54(50-62(58)69)72-77-67(7,8)68(9,10)78-72)46-35-31-27-25-23-21-19-20-22-24-26-28-32-36-48-70(47-34-30-18-16-14-12-2)63-51-55(73)39-43-59(63)60-44-40-56(74)52-64(60)70/h12,20,22,37-44,49-52H,2,11,13-19,21,23-36,45-48H2,1,3-10H3. The Kier molecular flexibility index (Phi) is 21.3. The second-order valence-corrected chi connectivity index (χ2v) is 28.0. The fourth-order valence-electron chi connectivity index (χ4n) is 13.5. The summed E-state index contributed by atoms with van der Waals surface area (Å²) in [6, 6.07) is 28.3. The minimum Gasteiger partial charge on any atom is -0.399 e. The lowest BCUT2D eigenvalue weighted by Crippen LogP contribution is -2.41. The van der Waals surface area contributed by atoms with E-state index in [1.54, 1.807) is 0 Å². The van der Waals surface area contributed by atoms with Gasteiger partial charge in [0.1, 0.15) is 0 Å². The third-order valence-electron chi connectivity index (χ3n) is 19.6. The van der Waals surface area contributed by atoms with Crippen LogP contribution in [0.15, 0.2) is 107 Å². The highest BCUT2D eigenvalue weighted by molar-refractivity contribution is 9.10. The van der Waals surface area contributed by atoms with Gasteiger partial charge in [0.05, 0.1) is 22.4 Å². The first kappa shape index (κ1) is 61.4. The Balaban J connectivity index is 0.840. The van der Waals surface area contributed by atoms with E-state index < -0.39 is 36.6 Å². The molecule has 0 amide bonds. The molecule has 0 spiro atoms. The van der Waals surface area contributed by atoms with Gasteiger partial charge in [-0.1, -0.05) is 215 Å². The van der Waals surface area contributed by atoms with Gasteiger partial charge < -0.3 is 18.6 Å². The van der Waals surface area contributed by atoms with Crippen LogP contribution in [0, 0.1) is 0 Å². The number of unbranched alkanes of at least 4 members (excludes halogenated alkanes) is 19. The number of halogens is 2. The number of rotatable bonds is 32. The Labute approximate surface area is 492 Å². The minimum atomic E-state index is -0.395. The van der Waals surface area contributed by atoms with Crippen molar-refractivity contribution < 1.29 is 18.6 Å². The predicted molar refractivity (Wildman–Crippen MR) is 342 cm³/mol. The van der Waals surface area contributed by atoms with Crippen molar-refractivity contribution in [2.24, 2.45) is 0 Å². The van der Waals surface area contributed by atoms with Gasteiger partial charge in [-0.3, -0.25) is 0 Å². The summed E-state index contributed by atoms with van der Waals surface area (Å²) in [5.41, 5.74) is 12.3. The zero-order valence-corrected chi connectivity index (χ0v) is 53.2. The molecule has 2 aliphatic heterocycles. The van der Waals surface area contributed by atoms with Crippen LogP contribution in [0.1, 0.15) is 258 Å². The minimum absolute atomic E-state index is 0.0861. The van der Waals surface area contributed by atoms with E-state index in [1.807, 2.05) is 0 Å². The molecule has 0 unspecified atom stereocenters. The van der Waals surface area contributed by atoms with Gasteiger partial charge in [-0.15, -0.1) is 6.58 Å². The van der Waals surface area contributed by atoms with Crippen LogP contribution in [-0.2, 0) is 29.4 Å². The van der Waals surface area contributed by atoms with Crippen molar-refractivity contribution in [3.63, 3.8) is 0 Å². The maximum Gasteiger partial charge on any atom is 0.494 e. The summed E-state index contributed by atoms with van der Waals surface area (Å²) in [6.07, 6.45) is 40.9. The highest BCUT2D eigenvalue weighted by Gasteiger charge is 2.54. The number of benzene rings is 4. The lowest BCUT2D eigenvalue weighted by atomic mass is 9.67. The maximum atomic E-state index is 6.70. The molecule has 2 fully saturated rings. The van der Waals surface area contributed by atoms with Gasteiger partial charge in [0.25, 0.3) is 0 Å². The number of hydrogen-bond donors (Lipinski definition) is 0. The van der Waals surface area contributed by atoms with Crippen LogP contribution in [-0.4, -0.2) is 36.6 Å². The van der Waals surface area contributed by atoms with Crippen LogP contribution >= 0.6 is 31.9 Å². The van der Waals surface area contributed by atoms with E-state index in [9.17, 15) is 0 Å². The van der Waals surface area contributed by atoms with Crippen molar-refractivity contribution in [1.29, 1.82) is 0 Å². The van der Waals surface area contributed by atoms with E-state index in [0.717, 1.165) is 30.2 Å². The molecule has 4 nitrogen and oxygen atoms in total. The molecule has 2 heterocycles. The molecule has 2 aliphatic carbocycles. The van der Waals surface area contributed by atoms with Crippen LogP contribution in [0.25, 0.3) is 22.3 Å². The summed E-state index contributed by atoms with van der Waals surface area (Å²) in [7, 11) is -0.780. The third kappa shape index (κ3) is 13.9. The Bertz CT molecular complexity index is 2480. The summed E-state index contributed by atoms with van der Waals surface area (Å²) in [5.74, 6) is 0. The molecule has 8 rings (SSSR count). The van der Waals surface area contributed by atoms with E-state index in [2.05, 4.69) is 192 Å². The van der Waals surface area contributed by atoms with Crippen molar-refractivity contribution in [3.05, 3.63) is 129 Å². The van der Waals surface area contributed by atoms with Crippen LogP contribution < -0.4 is 10.9 Å². The smallest absolute Gasteiger partial charge is 0.399 e. The van der Waals surface area contributed by atoms with Crippen molar-refractivity contribution in [2.75, 3.05) is 0 Å². The molecule has 0 radical (unpaired) electrons. The molecule has 0 saturated carbocycles. The van der Waals surface area contributed by atoms with Crippen molar-refractivity contribution in [2.45, 2.75) is 269 Å². The fraction of sp³-hybridized carbons (Fsp3) is 0.600. The average molecular weight is 1180 g/mol. The Morgan fingerprint density at radius 1 is 0.385 bits per heavy atom. The van der Waals surface area contributed by atoms with Crippen LogP contribution in [0.3, 0.4) is 0 Å². The molecule has 78 heavy (non-hydrogen) atoms. The third-order valence-corrected chi connectivity index (χ3v) is 20.6. The molecule has 0 aromatic heterocycles. The van der Waals surface area contributed by atoms with E-state index >= 15 is 0 Å². The van der Waals surface area contributed by atoms with Gasteiger partial charge in [-0.25, -0.2) is 0 Å². The molecular formula is C70H98B2Br2O4. The zero-order valence-electron chi connectivity index (χ0n) is 50.0. The summed E-state index contributed by atoms with van der Waals surface area (Å²) in [6.45, 7) is 23.5. The van der Waals surface area contributed by atoms with Crippen LogP contribution in [0.4, 0.5) is 0 Å². The molecule has 0 bridgehead atoms. The van der Waals surface area contributed by atoms with Gasteiger partial charge in [-0.2, -0.15) is 0 Å². The first-order valence-electron chi connectivity index (χ1n) is 31.3. The van der Waals surface area contributed by atoms with Crippen LogP contribution in [0.5, 0.6) is 0 Å². The highest BCUT2D eigenvalue weighted by Crippen LogP contribution is 2.57. The molecule has 4 aliphatic rings. The molecule has 2 saturated heterocycles. The van der Waals surface area contributed by atoms with Gasteiger partial charge in [0.2, 0.25) is 0 Å². The number of allylic oxidation sites excluding steroid dienone is 3. The summed E-state index contributed by atoms with van der Waals surface area (Å²) >= 11 is 7.72. The molecule has 4 aromatic rings. The molecule has 0 N–H and O–H groups in total. The van der Waals surface area contributed by atoms with Gasteiger partial charge in [-0.05, 0) is 199 Å². The second kappa shape index (κ2) is 27.1. The van der Waals surface area contributed by atoms with Gasteiger partial charge in [0, 0.05) is 19.8 Å². The van der Waals surface area contributed by atoms with E-state index in [0.29, 0.717) is 0 Å². The quantitative estimate of drug-likeness (QED) is 0.0277. The predicted octanol–water partition coefficient (Wildman–Crippen LogP) is 20.3. The number of fused-ring (bicyclic) bond motifs is 6. The topological polar surface area (TPSA) is 36.9 Å². The molecule has 8 heteroatoms. The maximum absolute atomic E-state index is 6.70. The summed E-state index contributed by atoms with van der Waals surface area (Å²) in [5, 5.41) is 0. The monoisotopic (exact) mass is 1180 g/mol. The lowest BCUT2D eigenvalue weighted by molar-refractivity contribution is 0.00578. The molecule has 0 atom stereocenters. The average Bonchev–Trinajstić information content (AvgIpc) is 4.18. The Morgan fingerprint density at radius 3 is 1.03 bits per heavy atom. The lowest BCUT2D eigenvalue weighted by Gasteiger charge is -2.33. The highest BCUT2D eigenvalue weighted by atomic mass is 79.9. The SMILES string of the molecule is C=CCCCCCCC1(CCCCCCC=CCCCCCCCCC2(CCCCCCCC)c3cc(B4OC(C)(C)C(C)(C)O4)ccc3-c3ccc(B4OC(C)(C)C(C)(C)O4)cc32)c2cc(Br)ccc2-c2ccc(Br)cc21.